The lowest BCUT2D eigenvalue weighted by Crippen LogP contribution is -2.35. The first-order valence-electron chi connectivity index (χ1n) is 5.58. The van der Waals surface area contributed by atoms with E-state index < -0.39 is 0 Å². The number of amides is 1. The number of rotatable bonds is 3. The molecule has 0 aromatic heterocycles. The van der Waals surface area contributed by atoms with Crippen molar-refractivity contribution < 1.29 is 9.53 Å². The molecular weight excluding hydrogens is 240 g/mol. The molecule has 0 saturated carbocycles. The number of hydrogen-bond donors (Lipinski definition) is 2. The molecule has 1 fully saturated rings. The summed E-state index contributed by atoms with van der Waals surface area (Å²) in [7, 11) is 1.56. The van der Waals surface area contributed by atoms with Gasteiger partial charge in [-0.1, -0.05) is 11.6 Å². The van der Waals surface area contributed by atoms with Gasteiger partial charge in [-0.2, -0.15) is 0 Å². The third kappa shape index (κ3) is 2.90. The maximum atomic E-state index is 11.8. The minimum atomic E-state index is -0.0872. The minimum absolute atomic E-state index is 0.0104. The Balaban J connectivity index is 2.03. The molecule has 1 aromatic carbocycles. The number of nitrogens with one attached hydrogen (secondary N) is 2. The fourth-order valence-corrected chi connectivity index (χ4v) is 2.14. The summed E-state index contributed by atoms with van der Waals surface area (Å²) in [4.78, 5) is 11.8. The van der Waals surface area contributed by atoms with Crippen LogP contribution in [0.15, 0.2) is 18.2 Å². The van der Waals surface area contributed by atoms with E-state index in [0.29, 0.717) is 16.5 Å². The van der Waals surface area contributed by atoms with Crippen molar-refractivity contribution in [3.63, 3.8) is 0 Å². The third-order valence-electron chi connectivity index (χ3n) is 2.80. The average molecular weight is 255 g/mol. The van der Waals surface area contributed by atoms with Gasteiger partial charge in [0.25, 0.3) is 0 Å². The summed E-state index contributed by atoms with van der Waals surface area (Å²) in [5.41, 5.74) is 0.689. The van der Waals surface area contributed by atoms with Crippen LogP contribution in [-0.2, 0) is 4.79 Å². The maximum Gasteiger partial charge on any atom is 0.241 e. The highest BCUT2D eigenvalue weighted by Gasteiger charge is 2.21. The zero-order valence-corrected chi connectivity index (χ0v) is 10.4. The van der Waals surface area contributed by atoms with Gasteiger partial charge < -0.3 is 15.4 Å². The van der Waals surface area contributed by atoms with E-state index in [4.69, 9.17) is 16.3 Å². The summed E-state index contributed by atoms with van der Waals surface area (Å²) < 4.78 is 5.05. The molecular formula is C12H15ClN2O2. The van der Waals surface area contributed by atoms with Gasteiger partial charge in [-0.05, 0) is 37.6 Å². The molecule has 0 radical (unpaired) electrons. The molecule has 1 aliphatic heterocycles. The zero-order valence-electron chi connectivity index (χ0n) is 9.63. The molecule has 1 aromatic rings. The van der Waals surface area contributed by atoms with Gasteiger partial charge in [0.15, 0.2) is 0 Å². The standard InChI is InChI=1S/C12H15ClN2O2/c1-17-11-5-4-8(7-9(11)13)15-12(16)10-3-2-6-14-10/h4-5,7,10,14H,2-3,6H2,1H3,(H,15,16). The molecule has 0 aliphatic carbocycles. The summed E-state index contributed by atoms with van der Waals surface area (Å²) in [5.74, 6) is 0.590. The van der Waals surface area contributed by atoms with E-state index >= 15 is 0 Å². The predicted octanol–water partition coefficient (Wildman–Crippen LogP) is 2.04. The molecule has 1 aliphatic rings. The highest BCUT2D eigenvalue weighted by atomic mass is 35.5. The van der Waals surface area contributed by atoms with E-state index in [1.54, 1.807) is 25.3 Å². The predicted molar refractivity (Wildman–Crippen MR) is 67.7 cm³/mol. The molecule has 2 rings (SSSR count). The molecule has 0 bridgehead atoms. The van der Waals surface area contributed by atoms with Crippen molar-refractivity contribution in [1.82, 2.24) is 5.32 Å². The van der Waals surface area contributed by atoms with Crippen molar-refractivity contribution in [2.75, 3.05) is 19.0 Å². The molecule has 5 heteroatoms. The SMILES string of the molecule is COc1ccc(NC(=O)C2CCCN2)cc1Cl. The van der Waals surface area contributed by atoms with Crippen molar-refractivity contribution >= 4 is 23.2 Å². The van der Waals surface area contributed by atoms with Gasteiger partial charge in [-0.15, -0.1) is 0 Å². The van der Waals surface area contributed by atoms with Crippen LogP contribution in [0.4, 0.5) is 5.69 Å². The Morgan fingerprint density at radius 1 is 1.59 bits per heavy atom. The lowest BCUT2D eigenvalue weighted by molar-refractivity contribution is -0.117. The first-order valence-corrected chi connectivity index (χ1v) is 5.96. The Hall–Kier alpha value is -1.26. The first-order chi connectivity index (χ1) is 8.20. The van der Waals surface area contributed by atoms with E-state index in [1.807, 2.05) is 0 Å². The normalized spacial score (nSPS) is 19.1. The second kappa shape index (κ2) is 5.38. The lowest BCUT2D eigenvalue weighted by Gasteiger charge is -2.12. The van der Waals surface area contributed by atoms with Crippen molar-refractivity contribution in [2.45, 2.75) is 18.9 Å². The molecule has 1 atom stereocenters. The fourth-order valence-electron chi connectivity index (χ4n) is 1.88. The third-order valence-corrected chi connectivity index (χ3v) is 3.09. The maximum absolute atomic E-state index is 11.8. The number of hydrogen-bond acceptors (Lipinski definition) is 3. The number of carbonyl (C=O) groups excluding carboxylic acids is 1. The Labute approximate surface area is 105 Å². The second-order valence-electron chi connectivity index (χ2n) is 3.99. The summed E-state index contributed by atoms with van der Waals surface area (Å²) in [6, 6.07) is 5.11. The van der Waals surface area contributed by atoms with Crippen LogP contribution in [0.2, 0.25) is 5.02 Å². The highest BCUT2D eigenvalue weighted by Crippen LogP contribution is 2.27. The fraction of sp³-hybridized carbons (Fsp3) is 0.417. The van der Waals surface area contributed by atoms with Crippen LogP contribution in [0.25, 0.3) is 0 Å². The Kier molecular flexibility index (Phi) is 3.86. The summed E-state index contributed by atoms with van der Waals surface area (Å²) >= 11 is 5.98. The van der Waals surface area contributed by atoms with Crippen LogP contribution in [0, 0.1) is 0 Å². The van der Waals surface area contributed by atoms with Crippen molar-refractivity contribution in [3.8, 4) is 5.75 Å². The topological polar surface area (TPSA) is 50.4 Å². The molecule has 1 amide bonds. The van der Waals surface area contributed by atoms with E-state index in [0.717, 1.165) is 19.4 Å². The summed E-state index contributed by atoms with van der Waals surface area (Å²) in [5, 5.41) is 6.47. The van der Waals surface area contributed by atoms with Crippen LogP contribution >= 0.6 is 11.6 Å². The van der Waals surface area contributed by atoms with E-state index in [-0.39, 0.29) is 11.9 Å². The van der Waals surface area contributed by atoms with Gasteiger partial charge in [0.1, 0.15) is 5.75 Å². The van der Waals surface area contributed by atoms with Crippen LogP contribution in [0.3, 0.4) is 0 Å². The van der Waals surface area contributed by atoms with Crippen molar-refractivity contribution in [1.29, 1.82) is 0 Å². The van der Waals surface area contributed by atoms with Crippen molar-refractivity contribution in [3.05, 3.63) is 23.2 Å². The van der Waals surface area contributed by atoms with Crippen LogP contribution in [0.1, 0.15) is 12.8 Å². The van der Waals surface area contributed by atoms with Crippen LogP contribution in [-0.4, -0.2) is 25.6 Å². The highest BCUT2D eigenvalue weighted by molar-refractivity contribution is 6.32. The number of methoxy groups -OCH3 is 1. The number of ether oxygens (including phenoxy) is 1. The Morgan fingerprint density at radius 3 is 3.00 bits per heavy atom. The second-order valence-corrected chi connectivity index (χ2v) is 4.39. The van der Waals surface area contributed by atoms with Gasteiger partial charge >= 0.3 is 0 Å². The zero-order chi connectivity index (χ0) is 12.3. The molecule has 1 heterocycles. The number of benzene rings is 1. The lowest BCUT2D eigenvalue weighted by atomic mass is 10.2. The molecule has 4 nitrogen and oxygen atoms in total. The molecule has 1 saturated heterocycles. The van der Waals surface area contributed by atoms with Gasteiger partial charge in [-0.25, -0.2) is 0 Å². The molecule has 0 spiro atoms. The van der Waals surface area contributed by atoms with Gasteiger partial charge in [0.05, 0.1) is 18.2 Å². The van der Waals surface area contributed by atoms with Crippen LogP contribution in [0.5, 0.6) is 5.75 Å². The summed E-state index contributed by atoms with van der Waals surface area (Å²) in [6.07, 6.45) is 1.93. The number of halogens is 1. The molecule has 1 unspecified atom stereocenters. The molecule has 2 N–H and O–H groups in total. The van der Waals surface area contributed by atoms with Gasteiger partial charge in [0.2, 0.25) is 5.91 Å². The minimum Gasteiger partial charge on any atom is -0.495 e. The first kappa shape index (κ1) is 12.2. The molecule has 92 valence electrons. The monoisotopic (exact) mass is 254 g/mol. The quantitative estimate of drug-likeness (QED) is 0.868. The average Bonchev–Trinajstić information content (AvgIpc) is 2.82. The molecule has 17 heavy (non-hydrogen) atoms. The van der Waals surface area contributed by atoms with Crippen molar-refractivity contribution in [2.24, 2.45) is 0 Å². The van der Waals surface area contributed by atoms with Crippen LogP contribution < -0.4 is 15.4 Å². The van der Waals surface area contributed by atoms with Gasteiger partial charge in [-0.3, -0.25) is 4.79 Å². The van der Waals surface area contributed by atoms with E-state index in [2.05, 4.69) is 10.6 Å². The number of carbonyl (C=O) groups is 1. The van der Waals surface area contributed by atoms with Gasteiger partial charge in [0, 0.05) is 5.69 Å². The smallest absolute Gasteiger partial charge is 0.241 e. The largest absolute Gasteiger partial charge is 0.495 e. The Morgan fingerprint density at radius 2 is 2.41 bits per heavy atom. The summed E-state index contributed by atoms with van der Waals surface area (Å²) in [6.45, 7) is 0.904. The number of anilines is 1. The van der Waals surface area contributed by atoms with E-state index in [9.17, 15) is 4.79 Å². The Bertz CT molecular complexity index is 417. The van der Waals surface area contributed by atoms with E-state index in [1.165, 1.54) is 0 Å².